The molecule has 3 aromatic rings. The standard InChI is InChI=1S/C24H27N5O2/c1-4-19(16-11-7-5-8-12-16)25-23(31)29-15-18-20(24(29,2)3)27-28-21(18)26-22(30)17-13-9-6-10-14-17/h5-14,19H,4,15H2,1-3H3,(H,25,31)(H2,26,27,28,30)/t19-/m1/s1. The summed E-state index contributed by atoms with van der Waals surface area (Å²) in [7, 11) is 0. The number of H-pyrrole nitrogens is 1. The first kappa shape index (κ1) is 20.7. The summed E-state index contributed by atoms with van der Waals surface area (Å²) in [6.07, 6.45) is 0.787. The summed E-state index contributed by atoms with van der Waals surface area (Å²) >= 11 is 0. The zero-order valence-electron chi connectivity index (χ0n) is 18.0. The summed E-state index contributed by atoms with van der Waals surface area (Å²) < 4.78 is 0. The van der Waals surface area contributed by atoms with Crippen LogP contribution in [0.15, 0.2) is 60.7 Å². The fourth-order valence-corrected chi connectivity index (χ4v) is 4.05. The van der Waals surface area contributed by atoms with E-state index in [0.29, 0.717) is 17.9 Å². The molecule has 0 unspecified atom stereocenters. The van der Waals surface area contributed by atoms with Crippen LogP contribution in [-0.2, 0) is 12.1 Å². The van der Waals surface area contributed by atoms with E-state index in [1.807, 2.05) is 62.4 Å². The van der Waals surface area contributed by atoms with Gasteiger partial charge in [0.15, 0.2) is 5.82 Å². The number of aromatic amines is 1. The summed E-state index contributed by atoms with van der Waals surface area (Å²) in [6.45, 7) is 6.36. The van der Waals surface area contributed by atoms with Gasteiger partial charge in [-0.15, -0.1) is 0 Å². The molecule has 0 aliphatic carbocycles. The smallest absolute Gasteiger partial charge is 0.318 e. The summed E-state index contributed by atoms with van der Waals surface area (Å²) in [4.78, 5) is 27.6. The molecule has 0 fully saturated rings. The highest BCUT2D eigenvalue weighted by molar-refractivity contribution is 6.04. The number of nitrogens with zero attached hydrogens (tertiary/aromatic N) is 2. The highest BCUT2D eigenvalue weighted by Crippen LogP contribution is 2.40. The van der Waals surface area contributed by atoms with Crippen molar-refractivity contribution in [3.05, 3.63) is 83.0 Å². The lowest BCUT2D eigenvalue weighted by Crippen LogP contribution is -2.47. The molecule has 0 saturated carbocycles. The van der Waals surface area contributed by atoms with Crippen LogP contribution < -0.4 is 10.6 Å². The lowest BCUT2D eigenvalue weighted by molar-refractivity contribution is 0.102. The molecule has 1 aliphatic heterocycles. The van der Waals surface area contributed by atoms with E-state index in [9.17, 15) is 9.59 Å². The number of hydrogen-bond acceptors (Lipinski definition) is 3. The summed E-state index contributed by atoms with van der Waals surface area (Å²) in [5.41, 5.74) is 2.71. The van der Waals surface area contributed by atoms with Crippen molar-refractivity contribution >= 4 is 17.8 Å². The van der Waals surface area contributed by atoms with Gasteiger partial charge in [0.1, 0.15) is 0 Å². The summed E-state index contributed by atoms with van der Waals surface area (Å²) in [5, 5.41) is 13.4. The molecule has 2 aromatic carbocycles. The number of nitrogens with one attached hydrogen (secondary N) is 3. The third-order valence-corrected chi connectivity index (χ3v) is 5.89. The Morgan fingerprint density at radius 2 is 1.74 bits per heavy atom. The van der Waals surface area contributed by atoms with Crippen molar-refractivity contribution in [1.29, 1.82) is 0 Å². The van der Waals surface area contributed by atoms with Crippen molar-refractivity contribution in [2.24, 2.45) is 0 Å². The van der Waals surface area contributed by atoms with E-state index in [1.165, 1.54) is 0 Å². The van der Waals surface area contributed by atoms with E-state index < -0.39 is 5.54 Å². The number of fused-ring (bicyclic) bond motifs is 1. The van der Waals surface area contributed by atoms with E-state index in [0.717, 1.165) is 23.2 Å². The molecule has 1 aromatic heterocycles. The minimum Gasteiger partial charge on any atom is -0.331 e. The number of urea groups is 1. The van der Waals surface area contributed by atoms with Gasteiger partial charge in [0.05, 0.1) is 23.8 Å². The number of rotatable bonds is 5. The third kappa shape index (κ3) is 3.91. The van der Waals surface area contributed by atoms with E-state index in [2.05, 4.69) is 27.8 Å². The first-order chi connectivity index (χ1) is 14.9. The van der Waals surface area contributed by atoms with Crippen molar-refractivity contribution in [1.82, 2.24) is 20.4 Å². The maximum Gasteiger partial charge on any atom is 0.318 e. The van der Waals surface area contributed by atoms with E-state index in [-0.39, 0.29) is 18.0 Å². The highest BCUT2D eigenvalue weighted by Gasteiger charge is 2.44. The number of carbonyl (C=O) groups is 2. The number of anilines is 1. The molecule has 31 heavy (non-hydrogen) atoms. The number of benzene rings is 2. The Morgan fingerprint density at radius 3 is 2.39 bits per heavy atom. The second-order valence-electron chi connectivity index (χ2n) is 8.21. The predicted molar refractivity (Wildman–Crippen MR) is 120 cm³/mol. The molecular weight excluding hydrogens is 390 g/mol. The topological polar surface area (TPSA) is 90.1 Å². The molecule has 160 valence electrons. The second-order valence-corrected chi connectivity index (χ2v) is 8.21. The average molecular weight is 418 g/mol. The highest BCUT2D eigenvalue weighted by atomic mass is 16.2. The van der Waals surface area contributed by atoms with Crippen LogP contribution in [-0.4, -0.2) is 27.0 Å². The largest absolute Gasteiger partial charge is 0.331 e. The lowest BCUT2D eigenvalue weighted by Gasteiger charge is -2.33. The molecule has 3 amide bonds. The SMILES string of the molecule is CC[C@@H](NC(=O)N1Cc2c(NC(=O)c3ccccc3)n[nH]c2C1(C)C)c1ccccc1. The van der Waals surface area contributed by atoms with Crippen LogP contribution in [0.1, 0.15) is 60.4 Å². The molecule has 0 spiro atoms. The van der Waals surface area contributed by atoms with Gasteiger partial charge in [-0.25, -0.2) is 4.79 Å². The van der Waals surface area contributed by atoms with Crippen molar-refractivity contribution < 1.29 is 9.59 Å². The molecule has 0 saturated heterocycles. The van der Waals surface area contributed by atoms with Gasteiger partial charge in [-0.3, -0.25) is 9.89 Å². The van der Waals surface area contributed by atoms with Gasteiger partial charge in [0.25, 0.3) is 5.91 Å². The van der Waals surface area contributed by atoms with Crippen LogP contribution in [0.25, 0.3) is 0 Å². The number of carbonyl (C=O) groups excluding carboxylic acids is 2. The Morgan fingerprint density at radius 1 is 1.10 bits per heavy atom. The average Bonchev–Trinajstić information content (AvgIpc) is 3.31. The minimum absolute atomic E-state index is 0.0705. The summed E-state index contributed by atoms with van der Waals surface area (Å²) in [6, 6.07) is 18.7. The van der Waals surface area contributed by atoms with Gasteiger partial charge in [0.2, 0.25) is 0 Å². The first-order valence-corrected chi connectivity index (χ1v) is 10.5. The Bertz CT molecular complexity index is 1080. The maximum absolute atomic E-state index is 13.2. The quantitative estimate of drug-likeness (QED) is 0.568. The van der Waals surface area contributed by atoms with Gasteiger partial charge in [0, 0.05) is 11.1 Å². The maximum atomic E-state index is 13.2. The van der Waals surface area contributed by atoms with Crippen LogP contribution in [0.5, 0.6) is 0 Å². The van der Waals surface area contributed by atoms with Gasteiger partial charge < -0.3 is 15.5 Å². The molecule has 0 radical (unpaired) electrons. The molecule has 1 atom stereocenters. The van der Waals surface area contributed by atoms with Gasteiger partial charge in [-0.1, -0.05) is 55.5 Å². The van der Waals surface area contributed by atoms with Crippen LogP contribution >= 0.6 is 0 Å². The first-order valence-electron chi connectivity index (χ1n) is 10.5. The molecule has 1 aliphatic rings. The molecule has 3 N–H and O–H groups in total. The summed E-state index contributed by atoms with van der Waals surface area (Å²) in [5.74, 6) is 0.230. The Kier molecular flexibility index (Phi) is 5.50. The normalized spacial score (nSPS) is 15.3. The van der Waals surface area contributed by atoms with Crippen molar-refractivity contribution in [2.45, 2.75) is 45.3 Å². The number of amides is 3. The van der Waals surface area contributed by atoms with Crippen molar-refractivity contribution in [3.8, 4) is 0 Å². The van der Waals surface area contributed by atoms with Gasteiger partial charge >= 0.3 is 6.03 Å². The fraction of sp³-hybridized carbons (Fsp3) is 0.292. The lowest BCUT2D eigenvalue weighted by atomic mass is 10.0. The minimum atomic E-state index is -0.586. The number of aromatic nitrogens is 2. The Hall–Kier alpha value is -3.61. The van der Waals surface area contributed by atoms with Crippen LogP contribution in [0.4, 0.5) is 10.6 Å². The van der Waals surface area contributed by atoms with Crippen molar-refractivity contribution in [3.63, 3.8) is 0 Å². The van der Waals surface area contributed by atoms with E-state index >= 15 is 0 Å². The predicted octanol–water partition coefficient (Wildman–Crippen LogP) is 4.57. The van der Waals surface area contributed by atoms with Crippen LogP contribution in [0.2, 0.25) is 0 Å². The van der Waals surface area contributed by atoms with E-state index in [1.54, 1.807) is 17.0 Å². The number of hydrogen-bond donors (Lipinski definition) is 3. The third-order valence-electron chi connectivity index (χ3n) is 5.89. The van der Waals surface area contributed by atoms with Crippen molar-refractivity contribution in [2.75, 3.05) is 5.32 Å². The van der Waals surface area contributed by atoms with Gasteiger partial charge in [-0.2, -0.15) is 5.10 Å². The molecule has 7 heteroatoms. The molecule has 0 bridgehead atoms. The Labute approximate surface area is 181 Å². The fourth-order valence-electron chi connectivity index (χ4n) is 4.05. The Balaban J connectivity index is 1.52. The monoisotopic (exact) mass is 417 g/mol. The molecule has 7 nitrogen and oxygen atoms in total. The van der Waals surface area contributed by atoms with E-state index in [4.69, 9.17) is 0 Å². The second kappa shape index (κ2) is 8.26. The molecule has 2 heterocycles. The van der Waals surface area contributed by atoms with Crippen LogP contribution in [0, 0.1) is 0 Å². The molecule has 4 rings (SSSR count). The van der Waals surface area contributed by atoms with Crippen LogP contribution in [0.3, 0.4) is 0 Å². The zero-order valence-corrected chi connectivity index (χ0v) is 18.0. The zero-order chi connectivity index (χ0) is 22.0. The van der Waals surface area contributed by atoms with Gasteiger partial charge in [-0.05, 0) is 38.0 Å². The molecular formula is C24H27N5O2.